The van der Waals surface area contributed by atoms with E-state index in [0.717, 1.165) is 70.1 Å². The van der Waals surface area contributed by atoms with Gasteiger partial charge in [0.1, 0.15) is 0 Å². The Hall–Kier alpha value is -2.43. The molecular formula is C21H26N4O. The highest BCUT2D eigenvalue weighted by Gasteiger charge is 2.23. The summed E-state index contributed by atoms with van der Waals surface area (Å²) in [4.78, 5) is 25.5. The number of piperidine rings is 1. The molecule has 2 aliphatic heterocycles. The topological polar surface area (TPSA) is 49.3 Å². The first kappa shape index (κ1) is 17.0. The first-order valence-corrected chi connectivity index (χ1v) is 9.70. The molecule has 0 unspecified atom stereocenters. The summed E-state index contributed by atoms with van der Waals surface area (Å²) in [6, 6.07) is 10.7. The van der Waals surface area contributed by atoms with Gasteiger partial charge < -0.3 is 9.80 Å². The van der Waals surface area contributed by atoms with Crippen LogP contribution in [0.2, 0.25) is 0 Å². The van der Waals surface area contributed by atoms with E-state index in [1.807, 2.05) is 4.90 Å². The van der Waals surface area contributed by atoms with Crippen molar-refractivity contribution in [2.75, 3.05) is 31.1 Å². The number of nitrogens with zero attached hydrogens (tertiary/aromatic N) is 4. The Morgan fingerprint density at radius 1 is 0.962 bits per heavy atom. The number of likely N-dealkylation sites (tertiary alicyclic amines) is 1. The number of benzene rings is 1. The van der Waals surface area contributed by atoms with Crippen LogP contribution >= 0.6 is 0 Å². The standard InChI is InChI=1S/C21H26N4O/c26-20(24-10-4-5-11-24)19-15-22-21(23-16-19)25-12-8-18(9-13-25)14-17-6-2-1-3-7-17/h1-3,6-7,15-16,18H,4-5,8-14H2. The predicted molar refractivity (Wildman–Crippen MR) is 102 cm³/mol. The summed E-state index contributed by atoms with van der Waals surface area (Å²) < 4.78 is 0. The van der Waals surface area contributed by atoms with E-state index in [1.165, 1.54) is 5.56 Å². The van der Waals surface area contributed by atoms with E-state index in [2.05, 4.69) is 45.2 Å². The van der Waals surface area contributed by atoms with Gasteiger partial charge in [0.05, 0.1) is 5.56 Å². The monoisotopic (exact) mass is 350 g/mol. The van der Waals surface area contributed by atoms with Crippen LogP contribution in [0, 0.1) is 5.92 Å². The molecule has 0 radical (unpaired) electrons. The van der Waals surface area contributed by atoms with Crippen LogP contribution in [0.25, 0.3) is 0 Å². The lowest BCUT2D eigenvalue weighted by Crippen LogP contribution is -2.35. The third-order valence-corrected chi connectivity index (χ3v) is 5.54. The molecule has 136 valence electrons. The third kappa shape index (κ3) is 3.87. The molecule has 0 atom stereocenters. The SMILES string of the molecule is O=C(c1cnc(N2CCC(Cc3ccccc3)CC2)nc1)N1CCCC1. The fraction of sp³-hybridized carbons (Fsp3) is 0.476. The van der Waals surface area contributed by atoms with E-state index in [0.29, 0.717) is 5.56 Å². The maximum Gasteiger partial charge on any atom is 0.256 e. The highest BCUT2D eigenvalue weighted by Crippen LogP contribution is 2.24. The minimum absolute atomic E-state index is 0.0654. The van der Waals surface area contributed by atoms with Crippen molar-refractivity contribution in [2.24, 2.45) is 5.92 Å². The number of aromatic nitrogens is 2. The third-order valence-electron chi connectivity index (χ3n) is 5.54. The Morgan fingerprint density at radius 2 is 1.62 bits per heavy atom. The van der Waals surface area contributed by atoms with Crippen molar-refractivity contribution in [1.29, 1.82) is 0 Å². The van der Waals surface area contributed by atoms with Gasteiger partial charge in [-0.1, -0.05) is 30.3 Å². The van der Waals surface area contributed by atoms with Gasteiger partial charge in [0, 0.05) is 38.6 Å². The van der Waals surface area contributed by atoms with Crippen LogP contribution in [0.3, 0.4) is 0 Å². The van der Waals surface area contributed by atoms with Crippen LogP contribution in [0.1, 0.15) is 41.6 Å². The van der Waals surface area contributed by atoms with Gasteiger partial charge in [-0.25, -0.2) is 9.97 Å². The molecule has 0 N–H and O–H groups in total. The Bertz CT molecular complexity index is 717. The zero-order valence-electron chi connectivity index (χ0n) is 15.2. The number of carbonyl (C=O) groups is 1. The molecule has 3 heterocycles. The van der Waals surface area contributed by atoms with Gasteiger partial charge in [0.25, 0.3) is 5.91 Å². The molecule has 2 saturated heterocycles. The summed E-state index contributed by atoms with van der Waals surface area (Å²) in [7, 11) is 0. The average molecular weight is 350 g/mol. The quantitative estimate of drug-likeness (QED) is 0.850. The fourth-order valence-electron chi connectivity index (χ4n) is 3.98. The summed E-state index contributed by atoms with van der Waals surface area (Å²) in [5.41, 5.74) is 2.03. The summed E-state index contributed by atoms with van der Waals surface area (Å²) in [5.74, 6) is 1.54. The van der Waals surface area contributed by atoms with Crippen molar-refractivity contribution in [2.45, 2.75) is 32.1 Å². The van der Waals surface area contributed by atoms with Gasteiger partial charge in [0.15, 0.2) is 0 Å². The zero-order chi connectivity index (χ0) is 17.8. The molecule has 2 aromatic rings. The maximum absolute atomic E-state index is 12.4. The van der Waals surface area contributed by atoms with Crippen LogP contribution in [0.4, 0.5) is 5.95 Å². The second-order valence-electron chi connectivity index (χ2n) is 7.39. The van der Waals surface area contributed by atoms with Crippen molar-refractivity contribution < 1.29 is 4.79 Å². The highest BCUT2D eigenvalue weighted by atomic mass is 16.2. The summed E-state index contributed by atoms with van der Waals surface area (Å²) in [6.45, 7) is 3.68. The molecule has 1 amide bonds. The molecule has 0 saturated carbocycles. The van der Waals surface area contributed by atoms with Gasteiger partial charge in [-0.3, -0.25) is 4.79 Å². The van der Waals surface area contributed by atoms with Gasteiger partial charge in [0.2, 0.25) is 5.95 Å². The average Bonchev–Trinajstić information content (AvgIpc) is 3.24. The minimum Gasteiger partial charge on any atom is -0.341 e. The lowest BCUT2D eigenvalue weighted by molar-refractivity contribution is 0.0792. The molecule has 5 nitrogen and oxygen atoms in total. The molecule has 2 fully saturated rings. The van der Waals surface area contributed by atoms with E-state index >= 15 is 0 Å². The van der Waals surface area contributed by atoms with E-state index in [-0.39, 0.29) is 5.91 Å². The number of carbonyl (C=O) groups excluding carboxylic acids is 1. The first-order chi connectivity index (χ1) is 12.8. The van der Waals surface area contributed by atoms with E-state index in [1.54, 1.807) is 12.4 Å². The van der Waals surface area contributed by atoms with Crippen LogP contribution < -0.4 is 4.90 Å². The molecule has 0 spiro atoms. The van der Waals surface area contributed by atoms with Crippen LogP contribution in [-0.4, -0.2) is 47.0 Å². The number of amides is 1. The number of rotatable bonds is 4. The Labute approximate surface area is 155 Å². The lowest BCUT2D eigenvalue weighted by atomic mass is 9.90. The Balaban J connectivity index is 1.32. The predicted octanol–water partition coefficient (Wildman–Crippen LogP) is 3.17. The van der Waals surface area contributed by atoms with Crippen LogP contribution in [0.5, 0.6) is 0 Å². The van der Waals surface area contributed by atoms with Gasteiger partial charge >= 0.3 is 0 Å². The summed E-state index contributed by atoms with van der Waals surface area (Å²) in [6.07, 6.45) is 9.06. The maximum atomic E-state index is 12.4. The number of hydrogen-bond acceptors (Lipinski definition) is 4. The van der Waals surface area contributed by atoms with Gasteiger partial charge in [-0.2, -0.15) is 0 Å². The fourth-order valence-corrected chi connectivity index (χ4v) is 3.98. The Kier molecular flexibility index (Phi) is 5.14. The van der Waals surface area contributed by atoms with Crippen molar-refractivity contribution in [3.63, 3.8) is 0 Å². The normalized spacial score (nSPS) is 18.3. The minimum atomic E-state index is 0.0654. The van der Waals surface area contributed by atoms with Crippen LogP contribution in [0.15, 0.2) is 42.7 Å². The van der Waals surface area contributed by atoms with Crippen molar-refractivity contribution in [1.82, 2.24) is 14.9 Å². The summed E-state index contributed by atoms with van der Waals surface area (Å²) in [5, 5.41) is 0. The lowest BCUT2D eigenvalue weighted by Gasteiger charge is -2.32. The second-order valence-corrected chi connectivity index (χ2v) is 7.39. The zero-order valence-corrected chi connectivity index (χ0v) is 15.2. The molecule has 0 aliphatic carbocycles. The first-order valence-electron chi connectivity index (χ1n) is 9.70. The molecular weight excluding hydrogens is 324 g/mol. The van der Waals surface area contributed by atoms with Gasteiger partial charge in [-0.15, -0.1) is 0 Å². The second kappa shape index (κ2) is 7.85. The highest BCUT2D eigenvalue weighted by molar-refractivity contribution is 5.93. The van der Waals surface area contributed by atoms with Crippen LogP contribution in [-0.2, 0) is 6.42 Å². The van der Waals surface area contributed by atoms with Crippen molar-refractivity contribution in [3.8, 4) is 0 Å². The molecule has 1 aromatic heterocycles. The van der Waals surface area contributed by atoms with E-state index in [9.17, 15) is 4.79 Å². The largest absolute Gasteiger partial charge is 0.341 e. The smallest absolute Gasteiger partial charge is 0.256 e. The molecule has 4 rings (SSSR count). The molecule has 2 aliphatic rings. The molecule has 0 bridgehead atoms. The number of anilines is 1. The van der Waals surface area contributed by atoms with E-state index in [4.69, 9.17) is 0 Å². The summed E-state index contributed by atoms with van der Waals surface area (Å²) >= 11 is 0. The molecule has 1 aromatic carbocycles. The molecule has 26 heavy (non-hydrogen) atoms. The Morgan fingerprint density at radius 3 is 2.27 bits per heavy atom. The van der Waals surface area contributed by atoms with Crippen molar-refractivity contribution >= 4 is 11.9 Å². The number of hydrogen-bond donors (Lipinski definition) is 0. The molecule has 5 heteroatoms. The van der Waals surface area contributed by atoms with E-state index < -0.39 is 0 Å². The van der Waals surface area contributed by atoms with Crippen molar-refractivity contribution in [3.05, 3.63) is 53.9 Å². The van der Waals surface area contributed by atoms with Gasteiger partial charge in [-0.05, 0) is 43.6 Å².